The third kappa shape index (κ3) is 7.03. The standard InChI is InChI=1S/C4H6N2O.2C2H6/c1-2-4-5-3-7-6-4;2*1-2/h3H,2H2,1H3;2*1-2H3. The smallest absolute Gasteiger partial charge is 0.213 e. The van der Waals surface area contributed by atoms with Crippen molar-refractivity contribution in [1.82, 2.24) is 10.1 Å². The number of rotatable bonds is 1. The molecule has 0 saturated heterocycles. The van der Waals surface area contributed by atoms with Gasteiger partial charge in [0.1, 0.15) is 0 Å². The molecule has 0 aliphatic carbocycles. The van der Waals surface area contributed by atoms with Gasteiger partial charge in [0.2, 0.25) is 6.39 Å². The van der Waals surface area contributed by atoms with Gasteiger partial charge >= 0.3 is 0 Å². The van der Waals surface area contributed by atoms with E-state index >= 15 is 0 Å². The fraction of sp³-hybridized carbons (Fsp3) is 0.750. The monoisotopic (exact) mass is 158 g/mol. The molecule has 3 nitrogen and oxygen atoms in total. The Labute approximate surface area is 68.8 Å². The van der Waals surface area contributed by atoms with Crippen LogP contribution in [0.3, 0.4) is 0 Å². The van der Waals surface area contributed by atoms with E-state index in [4.69, 9.17) is 0 Å². The van der Waals surface area contributed by atoms with Gasteiger partial charge in [0, 0.05) is 6.42 Å². The van der Waals surface area contributed by atoms with Crippen molar-refractivity contribution in [2.75, 3.05) is 0 Å². The number of aromatic nitrogens is 2. The molecule has 0 atom stereocenters. The van der Waals surface area contributed by atoms with Gasteiger partial charge in [-0.2, -0.15) is 4.98 Å². The van der Waals surface area contributed by atoms with Crippen LogP contribution in [0.4, 0.5) is 0 Å². The topological polar surface area (TPSA) is 38.9 Å². The van der Waals surface area contributed by atoms with Gasteiger partial charge in [-0.05, 0) is 0 Å². The first kappa shape index (κ1) is 12.8. The zero-order chi connectivity index (χ0) is 9.11. The van der Waals surface area contributed by atoms with Crippen molar-refractivity contribution >= 4 is 0 Å². The van der Waals surface area contributed by atoms with E-state index < -0.39 is 0 Å². The van der Waals surface area contributed by atoms with E-state index in [0.717, 1.165) is 12.2 Å². The molecular weight excluding hydrogens is 140 g/mol. The average molecular weight is 158 g/mol. The quantitative estimate of drug-likeness (QED) is 0.630. The maximum Gasteiger partial charge on any atom is 0.213 e. The Kier molecular flexibility index (Phi) is 13.8. The van der Waals surface area contributed by atoms with Gasteiger partial charge in [-0.25, -0.2) is 0 Å². The minimum atomic E-state index is 0.764. The van der Waals surface area contributed by atoms with Crippen LogP contribution in [0.2, 0.25) is 0 Å². The summed E-state index contributed by atoms with van der Waals surface area (Å²) in [6, 6.07) is 0. The molecule has 0 bridgehead atoms. The normalized spacial score (nSPS) is 7.00. The van der Waals surface area contributed by atoms with Crippen molar-refractivity contribution in [2.45, 2.75) is 41.0 Å². The molecule has 0 aliphatic heterocycles. The molecule has 0 fully saturated rings. The molecule has 0 saturated carbocycles. The Balaban J connectivity index is 0. The van der Waals surface area contributed by atoms with Gasteiger partial charge in [-0.1, -0.05) is 39.8 Å². The minimum absolute atomic E-state index is 0.764. The number of hydrogen-bond donors (Lipinski definition) is 0. The van der Waals surface area contributed by atoms with Gasteiger partial charge in [0.25, 0.3) is 0 Å². The molecule has 0 N–H and O–H groups in total. The zero-order valence-corrected chi connectivity index (χ0v) is 8.09. The molecular formula is C8H18N2O. The third-order valence-electron chi connectivity index (χ3n) is 0.723. The summed E-state index contributed by atoms with van der Waals surface area (Å²) < 4.78 is 4.44. The molecule has 0 spiro atoms. The van der Waals surface area contributed by atoms with Crippen molar-refractivity contribution in [3.05, 3.63) is 12.2 Å². The van der Waals surface area contributed by atoms with Crippen LogP contribution in [0.5, 0.6) is 0 Å². The van der Waals surface area contributed by atoms with Crippen molar-refractivity contribution in [2.24, 2.45) is 0 Å². The molecule has 0 aromatic carbocycles. The maximum atomic E-state index is 4.44. The third-order valence-corrected chi connectivity index (χ3v) is 0.723. The SMILES string of the molecule is CC.CC.CCc1ncon1. The second-order valence-corrected chi connectivity index (χ2v) is 1.20. The summed E-state index contributed by atoms with van der Waals surface area (Å²) in [5.41, 5.74) is 0. The molecule has 1 aromatic rings. The number of hydrogen-bond acceptors (Lipinski definition) is 3. The fourth-order valence-corrected chi connectivity index (χ4v) is 0.348. The van der Waals surface area contributed by atoms with Gasteiger partial charge in [-0.3, -0.25) is 0 Å². The first-order valence-corrected chi connectivity index (χ1v) is 4.18. The lowest BCUT2D eigenvalue weighted by atomic mass is 10.5. The molecule has 0 aliphatic rings. The molecule has 0 unspecified atom stereocenters. The highest BCUT2D eigenvalue weighted by atomic mass is 16.5. The lowest BCUT2D eigenvalue weighted by Crippen LogP contribution is -1.78. The van der Waals surface area contributed by atoms with Crippen LogP contribution in [0.25, 0.3) is 0 Å². The van der Waals surface area contributed by atoms with Crippen LogP contribution in [0, 0.1) is 0 Å². The fourth-order valence-electron chi connectivity index (χ4n) is 0.348. The highest BCUT2D eigenvalue weighted by molar-refractivity contribution is 4.73. The second kappa shape index (κ2) is 11.9. The number of nitrogens with zero attached hydrogens (tertiary/aromatic N) is 2. The minimum Gasteiger partial charge on any atom is -0.343 e. The average Bonchev–Trinajstić information content (AvgIpc) is 2.63. The van der Waals surface area contributed by atoms with E-state index in [0.29, 0.717) is 0 Å². The Morgan fingerprint density at radius 1 is 1.27 bits per heavy atom. The first-order chi connectivity index (χ1) is 5.43. The van der Waals surface area contributed by atoms with E-state index in [-0.39, 0.29) is 0 Å². The molecule has 3 heteroatoms. The molecule has 1 aromatic heterocycles. The van der Waals surface area contributed by atoms with Gasteiger partial charge in [0.15, 0.2) is 5.82 Å². The van der Waals surface area contributed by atoms with Crippen LogP contribution >= 0.6 is 0 Å². The summed E-state index contributed by atoms with van der Waals surface area (Å²) in [7, 11) is 0. The summed E-state index contributed by atoms with van der Waals surface area (Å²) in [5.74, 6) is 0.764. The predicted molar refractivity (Wildman–Crippen MR) is 46.4 cm³/mol. The van der Waals surface area contributed by atoms with Crippen molar-refractivity contribution in [1.29, 1.82) is 0 Å². The van der Waals surface area contributed by atoms with Crippen LogP contribution in [-0.2, 0) is 6.42 Å². The molecule has 1 rings (SSSR count). The first-order valence-electron chi connectivity index (χ1n) is 4.18. The number of aryl methyl sites for hydroxylation is 1. The van der Waals surface area contributed by atoms with E-state index in [1.807, 2.05) is 34.6 Å². The van der Waals surface area contributed by atoms with Gasteiger partial charge in [-0.15, -0.1) is 0 Å². The van der Waals surface area contributed by atoms with Crippen LogP contribution < -0.4 is 0 Å². The summed E-state index contributed by atoms with van der Waals surface area (Å²) in [4.78, 5) is 3.76. The Morgan fingerprint density at radius 3 is 2.00 bits per heavy atom. The van der Waals surface area contributed by atoms with Crippen LogP contribution in [-0.4, -0.2) is 10.1 Å². The Morgan fingerprint density at radius 2 is 1.82 bits per heavy atom. The van der Waals surface area contributed by atoms with Crippen molar-refractivity contribution in [3.63, 3.8) is 0 Å². The highest BCUT2D eigenvalue weighted by Crippen LogP contribution is 1.85. The maximum absolute atomic E-state index is 4.44. The van der Waals surface area contributed by atoms with E-state index in [1.54, 1.807) is 0 Å². The summed E-state index contributed by atoms with van der Waals surface area (Å²) >= 11 is 0. The highest BCUT2D eigenvalue weighted by Gasteiger charge is 1.88. The van der Waals surface area contributed by atoms with Crippen molar-refractivity contribution < 1.29 is 4.52 Å². The van der Waals surface area contributed by atoms with Crippen molar-refractivity contribution in [3.8, 4) is 0 Å². The van der Waals surface area contributed by atoms with Crippen LogP contribution in [0.15, 0.2) is 10.9 Å². The van der Waals surface area contributed by atoms with Gasteiger partial charge < -0.3 is 4.52 Å². The molecule has 1 heterocycles. The summed E-state index contributed by atoms with van der Waals surface area (Å²) in [6.07, 6.45) is 2.18. The van der Waals surface area contributed by atoms with E-state index in [2.05, 4.69) is 14.7 Å². The lowest BCUT2D eigenvalue weighted by molar-refractivity contribution is 0.410. The Bertz CT molecular complexity index is 127. The molecule has 0 radical (unpaired) electrons. The van der Waals surface area contributed by atoms with Gasteiger partial charge in [0.05, 0.1) is 0 Å². The molecule has 11 heavy (non-hydrogen) atoms. The molecule has 66 valence electrons. The second-order valence-electron chi connectivity index (χ2n) is 1.20. The largest absolute Gasteiger partial charge is 0.343 e. The lowest BCUT2D eigenvalue weighted by Gasteiger charge is -1.72. The zero-order valence-electron chi connectivity index (χ0n) is 8.09. The molecule has 0 amide bonds. The summed E-state index contributed by atoms with van der Waals surface area (Å²) in [6.45, 7) is 9.98. The summed E-state index contributed by atoms with van der Waals surface area (Å²) in [5, 5.41) is 3.55. The van der Waals surface area contributed by atoms with E-state index in [9.17, 15) is 0 Å². The predicted octanol–water partition coefficient (Wildman–Crippen LogP) is 2.68. The van der Waals surface area contributed by atoms with Crippen LogP contribution in [0.1, 0.15) is 40.4 Å². The Hall–Kier alpha value is -0.860. The van der Waals surface area contributed by atoms with E-state index in [1.165, 1.54) is 6.39 Å².